The van der Waals surface area contributed by atoms with Gasteiger partial charge < -0.3 is 14.8 Å². The molecule has 1 aliphatic rings. The van der Waals surface area contributed by atoms with Crippen molar-refractivity contribution in [2.75, 3.05) is 20.3 Å². The summed E-state index contributed by atoms with van der Waals surface area (Å²) in [6.07, 6.45) is 3.68. The van der Waals surface area contributed by atoms with Gasteiger partial charge in [0.15, 0.2) is 0 Å². The van der Waals surface area contributed by atoms with Crippen LogP contribution in [0.15, 0.2) is 18.2 Å². The molecule has 0 spiro atoms. The average molecular weight is 270 g/mol. The molecule has 1 N–H and O–H groups in total. The van der Waals surface area contributed by atoms with Gasteiger partial charge in [-0.3, -0.25) is 0 Å². The van der Waals surface area contributed by atoms with Crippen LogP contribution >= 0.6 is 11.6 Å². The Kier molecular flexibility index (Phi) is 5.29. The molecule has 0 saturated carbocycles. The van der Waals surface area contributed by atoms with E-state index in [4.69, 9.17) is 21.1 Å². The largest absolute Gasteiger partial charge is 0.489 e. The Balaban J connectivity index is 1.88. The van der Waals surface area contributed by atoms with Crippen LogP contribution in [0.4, 0.5) is 0 Å². The molecule has 1 aliphatic heterocycles. The van der Waals surface area contributed by atoms with Crippen molar-refractivity contribution in [3.63, 3.8) is 0 Å². The van der Waals surface area contributed by atoms with E-state index < -0.39 is 0 Å². The Morgan fingerprint density at radius 1 is 1.44 bits per heavy atom. The summed E-state index contributed by atoms with van der Waals surface area (Å²) in [5.74, 6) is 0.741. The first-order chi connectivity index (χ1) is 8.79. The highest BCUT2D eigenvalue weighted by molar-refractivity contribution is 6.32. The van der Waals surface area contributed by atoms with E-state index in [9.17, 15) is 0 Å². The zero-order valence-electron chi connectivity index (χ0n) is 10.7. The lowest BCUT2D eigenvalue weighted by Crippen LogP contribution is -2.25. The standard InChI is InChI=1S/C14H20ClNO2/c1-16-9-11-5-6-14(13(15)8-11)18-10-12-4-2-3-7-17-12/h5-6,8,12,16H,2-4,7,9-10H2,1H3. The first-order valence-corrected chi connectivity index (χ1v) is 6.85. The van der Waals surface area contributed by atoms with Crippen LogP contribution in [0, 0.1) is 0 Å². The van der Waals surface area contributed by atoms with E-state index in [1.165, 1.54) is 6.42 Å². The number of nitrogens with one attached hydrogen (secondary N) is 1. The van der Waals surface area contributed by atoms with E-state index in [0.29, 0.717) is 11.6 Å². The minimum Gasteiger partial charge on any atom is -0.489 e. The Hall–Kier alpha value is -0.770. The van der Waals surface area contributed by atoms with Crippen LogP contribution in [-0.4, -0.2) is 26.4 Å². The fraction of sp³-hybridized carbons (Fsp3) is 0.571. The zero-order valence-corrected chi connectivity index (χ0v) is 11.5. The third-order valence-electron chi connectivity index (χ3n) is 3.08. The third kappa shape index (κ3) is 3.87. The molecule has 1 aromatic carbocycles. The number of halogens is 1. The highest BCUT2D eigenvalue weighted by atomic mass is 35.5. The molecule has 1 fully saturated rings. The molecular formula is C14H20ClNO2. The molecule has 0 amide bonds. The fourth-order valence-corrected chi connectivity index (χ4v) is 2.35. The van der Waals surface area contributed by atoms with Gasteiger partial charge in [-0.2, -0.15) is 0 Å². The second-order valence-electron chi connectivity index (χ2n) is 4.59. The summed E-state index contributed by atoms with van der Waals surface area (Å²) in [6.45, 7) is 2.25. The maximum Gasteiger partial charge on any atom is 0.138 e. The number of rotatable bonds is 5. The normalized spacial score (nSPS) is 19.8. The van der Waals surface area contributed by atoms with Gasteiger partial charge >= 0.3 is 0 Å². The van der Waals surface area contributed by atoms with Crippen LogP contribution in [0.5, 0.6) is 5.75 Å². The van der Waals surface area contributed by atoms with Crippen molar-refractivity contribution >= 4 is 11.6 Å². The Labute approximate surface area is 113 Å². The smallest absolute Gasteiger partial charge is 0.138 e. The van der Waals surface area contributed by atoms with E-state index in [1.54, 1.807) is 0 Å². The summed E-state index contributed by atoms with van der Waals surface area (Å²) in [6, 6.07) is 5.90. The summed E-state index contributed by atoms with van der Waals surface area (Å²) in [4.78, 5) is 0. The van der Waals surface area contributed by atoms with Gasteiger partial charge in [-0.1, -0.05) is 17.7 Å². The van der Waals surface area contributed by atoms with Crippen molar-refractivity contribution in [1.29, 1.82) is 0 Å². The van der Waals surface area contributed by atoms with E-state index in [-0.39, 0.29) is 6.10 Å². The quantitative estimate of drug-likeness (QED) is 0.891. The average Bonchev–Trinajstić information content (AvgIpc) is 2.39. The summed E-state index contributed by atoms with van der Waals surface area (Å²) in [5.41, 5.74) is 1.16. The van der Waals surface area contributed by atoms with Crippen LogP contribution in [0.3, 0.4) is 0 Å². The number of hydrogen-bond donors (Lipinski definition) is 1. The van der Waals surface area contributed by atoms with Crippen molar-refractivity contribution in [1.82, 2.24) is 5.32 Å². The van der Waals surface area contributed by atoms with Gasteiger partial charge in [0.05, 0.1) is 11.1 Å². The van der Waals surface area contributed by atoms with Crippen molar-refractivity contribution in [2.45, 2.75) is 31.9 Å². The van der Waals surface area contributed by atoms with Crippen LogP contribution < -0.4 is 10.1 Å². The predicted molar refractivity (Wildman–Crippen MR) is 73.3 cm³/mol. The van der Waals surface area contributed by atoms with Crippen molar-refractivity contribution < 1.29 is 9.47 Å². The highest BCUT2D eigenvalue weighted by Gasteiger charge is 2.15. The van der Waals surface area contributed by atoms with Crippen LogP contribution in [0.2, 0.25) is 5.02 Å². The molecule has 2 rings (SSSR count). The molecule has 1 aromatic rings. The number of benzene rings is 1. The lowest BCUT2D eigenvalue weighted by molar-refractivity contribution is -0.0110. The maximum absolute atomic E-state index is 6.19. The van der Waals surface area contributed by atoms with E-state index in [0.717, 1.165) is 37.3 Å². The van der Waals surface area contributed by atoms with Crippen LogP contribution in [0.1, 0.15) is 24.8 Å². The van der Waals surface area contributed by atoms with Gasteiger partial charge in [0.2, 0.25) is 0 Å². The first kappa shape index (κ1) is 13.7. The van der Waals surface area contributed by atoms with Gasteiger partial charge in [0.25, 0.3) is 0 Å². The SMILES string of the molecule is CNCc1ccc(OCC2CCCCO2)c(Cl)c1. The molecule has 0 aliphatic carbocycles. The van der Waals surface area contributed by atoms with E-state index in [2.05, 4.69) is 5.32 Å². The molecule has 18 heavy (non-hydrogen) atoms. The second-order valence-corrected chi connectivity index (χ2v) is 5.00. The number of hydrogen-bond acceptors (Lipinski definition) is 3. The summed E-state index contributed by atoms with van der Waals surface area (Å²) in [7, 11) is 1.92. The maximum atomic E-state index is 6.19. The van der Waals surface area contributed by atoms with Crippen molar-refractivity contribution in [2.24, 2.45) is 0 Å². The molecular weight excluding hydrogens is 250 g/mol. The molecule has 0 radical (unpaired) electrons. The summed E-state index contributed by atoms with van der Waals surface area (Å²) >= 11 is 6.19. The monoisotopic (exact) mass is 269 g/mol. The first-order valence-electron chi connectivity index (χ1n) is 6.47. The lowest BCUT2D eigenvalue weighted by atomic mass is 10.1. The van der Waals surface area contributed by atoms with Crippen LogP contribution in [0.25, 0.3) is 0 Å². The van der Waals surface area contributed by atoms with E-state index in [1.807, 2.05) is 25.2 Å². The Morgan fingerprint density at radius 3 is 3.00 bits per heavy atom. The number of ether oxygens (including phenoxy) is 2. The highest BCUT2D eigenvalue weighted by Crippen LogP contribution is 2.26. The summed E-state index contributed by atoms with van der Waals surface area (Å²) in [5, 5.41) is 3.76. The Bertz CT molecular complexity index is 378. The second kappa shape index (κ2) is 6.98. The minimum absolute atomic E-state index is 0.215. The molecule has 4 heteroatoms. The Morgan fingerprint density at radius 2 is 2.33 bits per heavy atom. The molecule has 3 nitrogen and oxygen atoms in total. The minimum atomic E-state index is 0.215. The summed E-state index contributed by atoms with van der Waals surface area (Å²) < 4.78 is 11.4. The van der Waals surface area contributed by atoms with Gasteiger partial charge in [0, 0.05) is 13.2 Å². The molecule has 1 atom stereocenters. The molecule has 100 valence electrons. The van der Waals surface area contributed by atoms with Crippen molar-refractivity contribution in [3.05, 3.63) is 28.8 Å². The molecule has 0 bridgehead atoms. The molecule has 0 aromatic heterocycles. The van der Waals surface area contributed by atoms with Gasteiger partial charge in [-0.05, 0) is 44.0 Å². The van der Waals surface area contributed by atoms with Gasteiger partial charge in [0.1, 0.15) is 12.4 Å². The molecule has 1 saturated heterocycles. The topological polar surface area (TPSA) is 30.5 Å². The van der Waals surface area contributed by atoms with Gasteiger partial charge in [-0.25, -0.2) is 0 Å². The molecule has 1 heterocycles. The fourth-order valence-electron chi connectivity index (χ4n) is 2.10. The van der Waals surface area contributed by atoms with Gasteiger partial charge in [-0.15, -0.1) is 0 Å². The third-order valence-corrected chi connectivity index (χ3v) is 3.37. The van der Waals surface area contributed by atoms with Crippen molar-refractivity contribution in [3.8, 4) is 5.75 Å². The molecule has 1 unspecified atom stereocenters. The predicted octanol–water partition coefficient (Wildman–Crippen LogP) is 3.01. The van der Waals surface area contributed by atoms with Crippen LogP contribution in [-0.2, 0) is 11.3 Å². The zero-order chi connectivity index (χ0) is 12.8. The van der Waals surface area contributed by atoms with E-state index >= 15 is 0 Å². The lowest BCUT2D eigenvalue weighted by Gasteiger charge is -2.22.